The summed E-state index contributed by atoms with van der Waals surface area (Å²) in [6.45, 7) is 0. The average Bonchev–Trinajstić information content (AvgIpc) is 2.19. The van der Waals surface area contributed by atoms with E-state index >= 15 is 0 Å². The first kappa shape index (κ1) is 9.21. The van der Waals surface area contributed by atoms with Crippen molar-refractivity contribution in [2.75, 3.05) is 0 Å². The van der Waals surface area contributed by atoms with Crippen LogP contribution in [0.25, 0.3) is 6.08 Å². The predicted molar refractivity (Wildman–Crippen MR) is 50.9 cm³/mol. The molecule has 0 bridgehead atoms. The van der Waals surface area contributed by atoms with Gasteiger partial charge in [-0.3, -0.25) is 0 Å². The number of nitrogens with zero attached hydrogens (tertiary/aromatic N) is 1. The molecule has 0 saturated carbocycles. The molecule has 0 aliphatic carbocycles. The van der Waals surface area contributed by atoms with Gasteiger partial charge in [-0.15, -0.1) is 0 Å². The van der Waals surface area contributed by atoms with Gasteiger partial charge in [-0.25, -0.2) is 0 Å². The molecule has 0 aromatic heterocycles. The lowest BCUT2D eigenvalue weighted by Gasteiger charge is -1.92. The fourth-order valence-corrected chi connectivity index (χ4v) is 0.972. The van der Waals surface area contributed by atoms with Gasteiger partial charge in [-0.2, -0.15) is 5.26 Å². The van der Waals surface area contributed by atoms with Gasteiger partial charge in [0, 0.05) is 6.42 Å². The minimum absolute atomic E-state index is 0.413. The van der Waals surface area contributed by atoms with E-state index < -0.39 is 0 Å². The molecule has 0 aliphatic heterocycles. The number of nitriles is 1. The highest BCUT2D eigenvalue weighted by Crippen LogP contribution is 2.05. The van der Waals surface area contributed by atoms with Gasteiger partial charge >= 0.3 is 0 Å². The fourth-order valence-electron chi connectivity index (χ4n) is 0.972. The van der Waals surface area contributed by atoms with E-state index in [4.69, 9.17) is 5.26 Å². The lowest BCUT2D eigenvalue weighted by molar-refractivity contribution is -0.107. The highest BCUT2D eigenvalue weighted by atomic mass is 16.1. The molecule has 0 amide bonds. The molecule has 0 heterocycles. The van der Waals surface area contributed by atoms with Crippen molar-refractivity contribution in [3.63, 3.8) is 0 Å². The zero-order valence-electron chi connectivity index (χ0n) is 7.10. The molecule has 0 N–H and O–H groups in total. The first-order valence-corrected chi connectivity index (χ1v) is 3.97. The van der Waals surface area contributed by atoms with Crippen LogP contribution in [0.2, 0.25) is 0 Å². The molecule has 0 radical (unpaired) electrons. The molecular weight excluding hydrogens is 162 g/mol. The van der Waals surface area contributed by atoms with E-state index in [1.807, 2.05) is 18.2 Å². The van der Waals surface area contributed by atoms with Crippen molar-refractivity contribution >= 4 is 12.4 Å². The number of hydrogen-bond acceptors (Lipinski definition) is 2. The summed E-state index contributed by atoms with van der Waals surface area (Å²) in [5.74, 6) is 0. The van der Waals surface area contributed by atoms with Gasteiger partial charge in [0.25, 0.3) is 0 Å². The standard InChI is InChI=1S/C11H9NO/c12-9-11-6-3-5-10(8-11)4-1-2-7-13/h1,3-8H,2H2. The van der Waals surface area contributed by atoms with Gasteiger partial charge in [0.15, 0.2) is 0 Å². The molecule has 0 spiro atoms. The van der Waals surface area contributed by atoms with E-state index in [2.05, 4.69) is 6.07 Å². The number of hydrogen-bond donors (Lipinski definition) is 0. The van der Waals surface area contributed by atoms with Crippen LogP contribution >= 0.6 is 0 Å². The summed E-state index contributed by atoms with van der Waals surface area (Å²) in [5, 5.41) is 8.60. The van der Waals surface area contributed by atoms with Crippen LogP contribution in [0.5, 0.6) is 0 Å². The van der Waals surface area contributed by atoms with E-state index in [9.17, 15) is 4.79 Å². The van der Waals surface area contributed by atoms with Gasteiger partial charge in [-0.1, -0.05) is 24.3 Å². The molecule has 0 fully saturated rings. The monoisotopic (exact) mass is 171 g/mol. The molecule has 13 heavy (non-hydrogen) atoms. The molecule has 2 nitrogen and oxygen atoms in total. The Labute approximate surface area is 77.1 Å². The molecule has 1 rings (SSSR count). The molecule has 0 unspecified atom stereocenters. The molecule has 0 atom stereocenters. The van der Waals surface area contributed by atoms with Gasteiger partial charge in [0.2, 0.25) is 0 Å². The van der Waals surface area contributed by atoms with E-state index in [1.54, 1.807) is 18.2 Å². The molecule has 64 valence electrons. The van der Waals surface area contributed by atoms with Crippen molar-refractivity contribution in [1.82, 2.24) is 0 Å². The third-order valence-electron chi connectivity index (χ3n) is 1.56. The van der Waals surface area contributed by atoms with Crippen molar-refractivity contribution in [2.45, 2.75) is 6.42 Å². The van der Waals surface area contributed by atoms with Crippen LogP contribution in [-0.4, -0.2) is 6.29 Å². The highest BCUT2D eigenvalue weighted by Gasteiger charge is 1.89. The van der Waals surface area contributed by atoms with E-state index in [-0.39, 0.29) is 0 Å². The maximum atomic E-state index is 10.0. The summed E-state index contributed by atoms with van der Waals surface area (Å²) in [5.41, 5.74) is 1.58. The molecule has 2 heteroatoms. The van der Waals surface area contributed by atoms with Crippen LogP contribution in [0.15, 0.2) is 30.3 Å². The Kier molecular flexibility index (Phi) is 3.46. The maximum absolute atomic E-state index is 10.0. The quantitative estimate of drug-likeness (QED) is 0.654. The Bertz CT molecular complexity index is 361. The Morgan fingerprint density at radius 2 is 2.31 bits per heavy atom. The smallest absolute Gasteiger partial charge is 0.123 e. The van der Waals surface area contributed by atoms with Crippen molar-refractivity contribution < 1.29 is 4.79 Å². The van der Waals surface area contributed by atoms with Crippen molar-refractivity contribution in [1.29, 1.82) is 5.26 Å². The second kappa shape index (κ2) is 4.89. The van der Waals surface area contributed by atoms with E-state index in [0.29, 0.717) is 12.0 Å². The summed E-state index contributed by atoms with van der Waals surface area (Å²) in [6.07, 6.45) is 4.85. The SMILES string of the molecule is N#Cc1cccc(C=CCC=O)c1. The summed E-state index contributed by atoms with van der Waals surface area (Å²) in [4.78, 5) is 10.0. The molecule has 0 aliphatic rings. The Morgan fingerprint density at radius 1 is 1.46 bits per heavy atom. The average molecular weight is 171 g/mol. The number of aldehydes is 1. The zero-order valence-corrected chi connectivity index (χ0v) is 7.10. The number of carbonyl (C=O) groups excluding carboxylic acids is 1. The van der Waals surface area contributed by atoms with Crippen LogP contribution < -0.4 is 0 Å². The topological polar surface area (TPSA) is 40.9 Å². The first-order chi connectivity index (χ1) is 6.36. The number of rotatable bonds is 3. The number of allylic oxidation sites excluding steroid dienone is 1. The van der Waals surface area contributed by atoms with Crippen LogP contribution in [0, 0.1) is 11.3 Å². The minimum Gasteiger partial charge on any atom is -0.303 e. The fraction of sp³-hybridized carbons (Fsp3) is 0.0909. The summed E-state index contributed by atoms with van der Waals surface area (Å²) in [7, 11) is 0. The largest absolute Gasteiger partial charge is 0.303 e. The van der Waals surface area contributed by atoms with Gasteiger partial charge in [-0.05, 0) is 17.7 Å². The van der Waals surface area contributed by atoms with E-state index in [1.165, 1.54) is 0 Å². The van der Waals surface area contributed by atoms with Crippen LogP contribution in [0.3, 0.4) is 0 Å². The van der Waals surface area contributed by atoms with Crippen molar-refractivity contribution in [3.05, 3.63) is 41.5 Å². The minimum atomic E-state index is 0.413. The Morgan fingerprint density at radius 3 is 3.00 bits per heavy atom. The second-order valence-electron chi connectivity index (χ2n) is 2.54. The Hall–Kier alpha value is -1.88. The molecular formula is C11H9NO. The zero-order chi connectivity index (χ0) is 9.52. The van der Waals surface area contributed by atoms with Crippen LogP contribution in [0.1, 0.15) is 17.5 Å². The Balaban J connectivity index is 2.78. The van der Waals surface area contributed by atoms with Gasteiger partial charge < -0.3 is 4.79 Å². The molecule has 1 aromatic carbocycles. The van der Waals surface area contributed by atoms with E-state index in [0.717, 1.165) is 11.8 Å². The van der Waals surface area contributed by atoms with Gasteiger partial charge in [0.05, 0.1) is 11.6 Å². The lowest BCUT2D eigenvalue weighted by Crippen LogP contribution is -1.76. The van der Waals surface area contributed by atoms with Crippen LogP contribution in [-0.2, 0) is 4.79 Å². The predicted octanol–water partition coefficient (Wildman–Crippen LogP) is 2.16. The second-order valence-corrected chi connectivity index (χ2v) is 2.54. The number of carbonyl (C=O) groups is 1. The summed E-state index contributed by atoms with van der Waals surface area (Å²) >= 11 is 0. The van der Waals surface area contributed by atoms with Crippen LogP contribution in [0.4, 0.5) is 0 Å². The summed E-state index contributed by atoms with van der Waals surface area (Å²) in [6, 6.07) is 9.29. The van der Waals surface area contributed by atoms with Crippen molar-refractivity contribution in [3.8, 4) is 6.07 Å². The third-order valence-corrected chi connectivity index (χ3v) is 1.56. The third kappa shape index (κ3) is 2.92. The molecule has 0 saturated heterocycles. The normalized spacial score (nSPS) is 9.77. The summed E-state index contributed by atoms with van der Waals surface area (Å²) < 4.78 is 0. The maximum Gasteiger partial charge on any atom is 0.123 e. The first-order valence-electron chi connectivity index (χ1n) is 3.97. The van der Waals surface area contributed by atoms with Gasteiger partial charge in [0.1, 0.15) is 6.29 Å². The number of benzene rings is 1. The lowest BCUT2D eigenvalue weighted by atomic mass is 10.1. The highest BCUT2D eigenvalue weighted by molar-refractivity contribution is 5.58. The van der Waals surface area contributed by atoms with Crippen molar-refractivity contribution in [2.24, 2.45) is 0 Å². The molecule has 1 aromatic rings.